The summed E-state index contributed by atoms with van der Waals surface area (Å²) in [6.07, 6.45) is -9.64. The maximum atomic E-state index is 14.0. The van der Waals surface area contributed by atoms with Crippen LogP contribution in [0.2, 0.25) is 0 Å². The number of alkyl halides is 9. The molecule has 2 rings (SSSR count). The Labute approximate surface area is 122 Å². The van der Waals surface area contributed by atoms with Gasteiger partial charge in [-0.05, 0) is 5.56 Å². The van der Waals surface area contributed by atoms with Gasteiger partial charge >= 0.3 is 29.7 Å². The second kappa shape index (κ2) is 4.76. The standard InChI is InChI=1S/C12H7F9O2/c13-8(14,7(22)6-4-2-1-3-5-6)11(19)9(15,16)10(17,18)12(20,21)23-11/h1-5,7,22H/t7-,11-/m1/s1. The van der Waals surface area contributed by atoms with Gasteiger partial charge in [0.05, 0.1) is 0 Å². The SMILES string of the molecule is O[C@H](c1ccccc1)C(F)(F)[C@@]1(F)OC(F)(F)C(F)(F)C1(F)F. The van der Waals surface area contributed by atoms with Gasteiger partial charge in [-0.3, -0.25) is 4.74 Å². The summed E-state index contributed by atoms with van der Waals surface area (Å²) in [5, 5.41) is 9.35. The van der Waals surface area contributed by atoms with Crippen LogP contribution in [0.1, 0.15) is 11.7 Å². The van der Waals surface area contributed by atoms with Crippen LogP contribution >= 0.6 is 0 Å². The number of benzene rings is 1. The summed E-state index contributed by atoms with van der Waals surface area (Å²) in [7, 11) is 0. The third kappa shape index (κ3) is 2.05. The molecule has 0 radical (unpaired) electrons. The topological polar surface area (TPSA) is 29.5 Å². The van der Waals surface area contributed by atoms with Crippen LogP contribution in [0.15, 0.2) is 30.3 Å². The maximum absolute atomic E-state index is 14.0. The molecule has 11 heteroatoms. The summed E-state index contributed by atoms with van der Waals surface area (Å²) in [4.78, 5) is 0. The number of rotatable bonds is 3. The van der Waals surface area contributed by atoms with E-state index < -0.39 is 41.4 Å². The fraction of sp³-hybridized carbons (Fsp3) is 0.500. The average Bonchev–Trinajstić information content (AvgIpc) is 2.55. The van der Waals surface area contributed by atoms with Gasteiger partial charge in [-0.2, -0.15) is 39.5 Å². The van der Waals surface area contributed by atoms with Gasteiger partial charge in [0.2, 0.25) is 0 Å². The van der Waals surface area contributed by atoms with Crippen LogP contribution in [-0.4, -0.2) is 34.8 Å². The van der Waals surface area contributed by atoms with E-state index in [-0.39, 0.29) is 0 Å². The fourth-order valence-corrected chi connectivity index (χ4v) is 1.99. The molecular weight excluding hydrogens is 347 g/mol. The van der Waals surface area contributed by atoms with E-state index in [1.807, 2.05) is 0 Å². The quantitative estimate of drug-likeness (QED) is 0.834. The lowest BCUT2D eigenvalue weighted by molar-refractivity contribution is -0.390. The monoisotopic (exact) mass is 354 g/mol. The van der Waals surface area contributed by atoms with E-state index in [1.54, 1.807) is 0 Å². The molecule has 1 N–H and O–H groups in total. The molecule has 0 unspecified atom stereocenters. The number of halogens is 9. The molecule has 23 heavy (non-hydrogen) atoms. The largest absolute Gasteiger partial charge is 0.428 e. The van der Waals surface area contributed by atoms with Crippen LogP contribution in [0, 0.1) is 0 Å². The highest BCUT2D eigenvalue weighted by Gasteiger charge is 2.95. The molecule has 1 fully saturated rings. The highest BCUT2D eigenvalue weighted by Crippen LogP contribution is 2.66. The van der Waals surface area contributed by atoms with Crippen molar-refractivity contribution in [3.8, 4) is 0 Å². The normalized spacial score (nSPS) is 30.2. The van der Waals surface area contributed by atoms with Crippen LogP contribution in [0.3, 0.4) is 0 Å². The Kier molecular flexibility index (Phi) is 3.69. The molecule has 1 aromatic carbocycles. The summed E-state index contributed by atoms with van der Waals surface area (Å²) in [5.74, 6) is -25.1. The molecule has 1 aliphatic heterocycles. The molecule has 1 heterocycles. The van der Waals surface area contributed by atoms with Gasteiger partial charge in [-0.15, -0.1) is 0 Å². The molecule has 1 aromatic rings. The van der Waals surface area contributed by atoms with Gasteiger partial charge < -0.3 is 5.11 Å². The van der Waals surface area contributed by atoms with Crippen molar-refractivity contribution >= 4 is 0 Å². The van der Waals surface area contributed by atoms with Crippen molar-refractivity contribution in [2.45, 2.75) is 35.8 Å². The zero-order valence-corrected chi connectivity index (χ0v) is 10.7. The molecule has 1 aliphatic rings. The molecule has 0 spiro atoms. The van der Waals surface area contributed by atoms with Gasteiger partial charge in [0.1, 0.15) is 6.10 Å². The number of aliphatic hydroxyl groups is 1. The van der Waals surface area contributed by atoms with E-state index in [2.05, 4.69) is 4.74 Å². The van der Waals surface area contributed by atoms with Crippen LogP contribution < -0.4 is 0 Å². The Bertz CT molecular complexity index is 589. The van der Waals surface area contributed by atoms with E-state index in [0.717, 1.165) is 24.3 Å². The van der Waals surface area contributed by atoms with Gasteiger partial charge in [-0.25, -0.2) is 0 Å². The number of aliphatic hydroxyl groups excluding tert-OH is 1. The summed E-state index contributed by atoms with van der Waals surface area (Å²) in [5.41, 5.74) is -0.868. The zero-order chi connectivity index (χ0) is 17.9. The Morgan fingerprint density at radius 1 is 0.870 bits per heavy atom. The smallest absolute Gasteiger partial charge is 0.382 e. The lowest BCUT2D eigenvalue weighted by Gasteiger charge is -2.35. The van der Waals surface area contributed by atoms with Gasteiger partial charge in [0.15, 0.2) is 0 Å². The molecule has 0 amide bonds. The second-order valence-electron chi connectivity index (χ2n) is 4.80. The first kappa shape index (κ1) is 17.9. The molecular formula is C12H7F9O2. The average molecular weight is 354 g/mol. The number of ether oxygens (including phenoxy) is 1. The minimum absolute atomic E-state index is 0.727. The molecule has 2 nitrogen and oxygen atoms in total. The van der Waals surface area contributed by atoms with E-state index in [0.29, 0.717) is 0 Å². The Morgan fingerprint density at radius 2 is 1.35 bits per heavy atom. The van der Waals surface area contributed by atoms with Crippen LogP contribution in [0.4, 0.5) is 39.5 Å². The Morgan fingerprint density at radius 3 is 1.74 bits per heavy atom. The zero-order valence-electron chi connectivity index (χ0n) is 10.7. The summed E-state index contributed by atoms with van der Waals surface area (Å²) < 4.78 is 122. The molecule has 130 valence electrons. The first-order valence-corrected chi connectivity index (χ1v) is 5.86. The van der Waals surface area contributed by atoms with E-state index in [1.165, 1.54) is 6.07 Å². The predicted molar refractivity (Wildman–Crippen MR) is 56.1 cm³/mol. The van der Waals surface area contributed by atoms with Gasteiger partial charge in [-0.1, -0.05) is 30.3 Å². The number of hydrogen-bond donors (Lipinski definition) is 1. The van der Waals surface area contributed by atoms with Crippen LogP contribution in [-0.2, 0) is 4.74 Å². The highest BCUT2D eigenvalue weighted by molar-refractivity contribution is 5.23. The summed E-state index contributed by atoms with van der Waals surface area (Å²) >= 11 is 0. The number of hydrogen-bond acceptors (Lipinski definition) is 2. The first-order chi connectivity index (χ1) is 10.2. The van der Waals surface area contributed by atoms with E-state index in [4.69, 9.17) is 0 Å². The molecule has 0 aromatic heterocycles. The van der Waals surface area contributed by atoms with Crippen molar-refractivity contribution in [2.75, 3.05) is 0 Å². The highest BCUT2D eigenvalue weighted by atomic mass is 19.4. The van der Waals surface area contributed by atoms with Gasteiger partial charge in [0.25, 0.3) is 0 Å². The third-order valence-corrected chi connectivity index (χ3v) is 3.32. The minimum Gasteiger partial charge on any atom is -0.382 e. The Balaban J connectivity index is 2.54. The van der Waals surface area contributed by atoms with Crippen molar-refractivity contribution in [2.24, 2.45) is 0 Å². The fourth-order valence-electron chi connectivity index (χ4n) is 1.99. The Hall–Kier alpha value is -1.49. The van der Waals surface area contributed by atoms with Crippen molar-refractivity contribution in [3.63, 3.8) is 0 Å². The molecule has 0 bridgehead atoms. The molecule has 0 aliphatic carbocycles. The van der Waals surface area contributed by atoms with E-state index >= 15 is 0 Å². The lowest BCUT2D eigenvalue weighted by atomic mass is 9.92. The van der Waals surface area contributed by atoms with Crippen molar-refractivity contribution in [1.82, 2.24) is 0 Å². The van der Waals surface area contributed by atoms with E-state index in [9.17, 15) is 44.6 Å². The summed E-state index contributed by atoms with van der Waals surface area (Å²) in [6, 6.07) is 4.78. The lowest BCUT2D eigenvalue weighted by Crippen LogP contribution is -2.61. The minimum atomic E-state index is -6.61. The summed E-state index contributed by atoms with van der Waals surface area (Å²) in [6.45, 7) is 0. The molecule has 2 atom stereocenters. The van der Waals surface area contributed by atoms with Crippen molar-refractivity contribution in [1.29, 1.82) is 0 Å². The van der Waals surface area contributed by atoms with Gasteiger partial charge in [0, 0.05) is 0 Å². The van der Waals surface area contributed by atoms with Crippen molar-refractivity contribution < 1.29 is 49.4 Å². The predicted octanol–water partition coefficient (Wildman–Crippen LogP) is 3.91. The molecule has 0 saturated carbocycles. The van der Waals surface area contributed by atoms with Crippen LogP contribution in [0.25, 0.3) is 0 Å². The third-order valence-electron chi connectivity index (χ3n) is 3.32. The van der Waals surface area contributed by atoms with Crippen LogP contribution in [0.5, 0.6) is 0 Å². The molecule has 1 saturated heterocycles. The maximum Gasteiger partial charge on any atom is 0.428 e. The first-order valence-electron chi connectivity index (χ1n) is 5.86. The van der Waals surface area contributed by atoms with Crippen molar-refractivity contribution in [3.05, 3.63) is 35.9 Å². The second-order valence-corrected chi connectivity index (χ2v) is 4.80.